The Labute approximate surface area is 140 Å². The Kier molecular flexibility index (Phi) is 3.91. The third kappa shape index (κ3) is 2.97. The number of pyridine rings is 1. The van der Waals surface area contributed by atoms with Gasteiger partial charge in [0.25, 0.3) is 5.91 Å². The highest BCUT2D eigenvalue weighted by molar-refractivity contribution is 5.97. The highest BCUT2D eigenvalue weighted by atomic mass is 16.1. The summed E-state index contributed by atoms with van der Waals surface area (Å²) in [5.74, 6) is 0.913. The van der Waals surface area contributed by atoms with Gasteiger partial charge in [0.2, 0.25) is 0 Å². The molecule has 0 atom stereocenters. The molecule has 5 nitrogen and oxygen atoms in total. The van der Waals surface area contributed by atoms with Crippen LogP contribution in [0.15, 0.2) is 48.7 Å². The lowest BCUT2D eigenvalue weighted by atomic mass is 10.2. The Bertz CT molecular complexity index is 831. The van der Waals surface area contributed by atoms with E-state index in [-0.39, 0.29) is 5.91 Å². The van der Waals surface area contributed by atoms with Crippen LogP contribution < -0.4 is 10.2 Å². The zero-order valence-corrected chi connectivity index (χ0v) is 13.5. The van der Waals surface area contributed by atoms with Crippen molar-refractivity contribution in [2.24, 2.45) is 0 Å². The second-order valence-electron chi connectivity index (χ2n) is 6.17. The molecule has 1 amide bonds. The summed E-state index contributed by atoms with van der Waals surface area (Å²) in [5.41, 5.74) is 2.63. The van der Waals surface area contributed by atoms with Gasteiger partial charge < -0.3 is 15.2 Å². The Balaban J connectivity index is 1.44. The Morgan fingerprint density at radius 2 is 2.00 bits per heavy atom. The van der Waals surface area contributed by atoms with Gasteiger partial charge in [0.1, 0.15) is 11.5 Å². The standard InChI is InChI=1S/C19H20N4O/c24-19(17-12-15-5-1-2-6-16(15)22-17)21-13-14-7-8-20-18(11-14)23-9-3-4-10-23/h1-2,5-8,11-12,22H,3-4,9-10,13H2,(H,21,24). The SMILES string of the molecule is O=C(NCc1ccnc(N2CCCC2)c1)c1cc2ccccc2[nH]1. The summed E-state index contributed by atoms with van der Waals surface area (Å²) in [6.45, 7) is 2.63. The van der Waals surface area contributed by atoms with Gasteiger partial charge in [-0.25, -0.2) is 4.98 Å². The summed E-state index contributed by atoms with van der Waals surface area (Å²) in [6, 6.07) is 13.8. The number of rotatable bonds is 4. The van der Waals surface area contributed by atoms with E-state index in [1.807, 2.05) is 42.6 Å². The summed E-state index contributed by atoms with van der Waals surface area (Å²) in [7, 11) is 0. The number of nitrogens with one attached hydrogen (secondary N) is 2. The minimum absolute atomic E-state index is 0.0919. The third-order valence-electron chi connectivity index (χ3n) is 4.47. The zero-order valence-electron chi connectivity index (χ0n) is 13.5. The quantitative estimate of drug-likeness (QED) is 0.776. The van der Waals surface area contributed by atoms with Crippen molar-refractivity contribution in [3.05, 3.63) is 59.9 Å². The van der Waals surface area contributed by atoms with Gasteiger partial charge in [-0.3, -0.25) is 4.79 Å². The lowest BCUT2D eigenvalue weighted by Crippen LogP contribution is -2.24. The third-order valence-corrected chi connectivity index (χ3v) is 4.47. The predicted molar refractivity (Wildman–Crippen MR) is 95.2 cm³/mol. The number of carbonyl (C=O) groups is 1. The number of nitrogens with zero attached hydrogens (tertiary/aromatic N) is 2. The number of fused-ring (bicyclic) bond motifs is 1. The van der Waals surface area contributed by atoms with Gasteiger partial charge in [-0.1, -0.05) is 18.2 Å². The highest BCUT2D eigenvalue weighted by Crippen LogP contribution is 2.19. The fourth-order valence-electron chi connectivity index (χ4n) is 3.16. The minimum Gasteiger partial charge on any atom is -0.357 e. The Hall–Kier alpha value is -2.82. The van der Waals surface area contributed by atoms with Crippen molar-refractivity contribution in [1.29, 1.82) is 0 Å². The number of amides is 1. The number of aromatic nitrogens is 2. The molecule has 4 rings (SSSR count). The van der Waals surface area contributed by atoms with E-state index < -0.39 is 0 Å². The Morgan fingerprint density at radius 1 is 1.17 bits per heavy atom. The van der Waals surface area contributed by atoms with Gasteiger partial charge in [0.15, 0.2) is 0 Å². The highest BCUT2D eigenvalue weighted by Gasteiger charge is 2.14. The van der Waals surface area contributed by atoms with Crippen LogP contribution in [-0.2, 0) is 6.54 Å². The first-order chi connectivity index (χ1) is 11.8. The molecular formula is C19H20N4O. The number of para-hydroxylation sites is 1. The van der Waals surface area contributed by atoms with Crippen LogP contribution in [-0.4, -0.2) is 29.0 Å². The van der Waals surface area contributed by atoms with Crippen LogP contribution in [0.1, 0.15) is 28.9 Å². The summed E-state index contributed by atoms with van der Waals surface area (Å²) >= 11 is 0. The molecule has 0 radical (unpaired) electrons. The van der Waals surface area contributed by atoms with Crippen molar-refractivity contribution >= 4 is 22.6 Å². The maximum absolute atomic E-state index is 12.4. The smallest absolute Gasteiger partial charge is 0.267 e. The summed E-state index contributed by atoms with van der Waals surface area (Å²) < 4.78 is 0. The van der Waals surface area contributed by atoms with Gasteiger partial charge in [-0.15, -0.1) is 0 Å². The number of carbonyl (C=O) groups excluding carboxylic acids is 1. The van der Waals surface area contributed by atoms with E-state index in [0.717, 1.165) is 35.4 Å². The fraction of sp³-hybridized carbons (Fsp3) is 0.263. The summed E-state index contributed by atoms with van der Waals surface area (Å²) in [5, 5.41) is 4.02. The van der Waals surface area contributed by atoms with Crippen LogP contribution in [0.25, 0.3) is 10.9 Å². The van der Waals surface area contributed by atoms with Gasteiger partial charge >= 0.3 is 0 Å². The molecule has 2 aromatic heterocycles. The second kappa shape index (κ2) is 6.35. The van der Waals surface area contributed by atoms with Crippen LogP contribution >= 0.6 is 0 Å². The number of benzene rings is 1. The maximum Gasteiger partial charge on any atom is 0.267 e. The van der Waals surface area contributed by atoms with Crippen molar-refractivity contribution in [3.63, 3.8) is 0 Å². The molecular weight excluding hydrogens is 300 g/mol. The van der Waals surface area contributed by atoms with Gasteiger partial charge in [0, 0.05) is 36.7 Å². The molecule has 1 aromatic carbocycles. The number of anilines is 1. The van der Waals surface area contributed by atoms with Gasteiger partial charge in [-0.2, -0.15) is 0 Å². The van der Waals surface area contributed by atoms with Crippen molar-refractivity contribution in [3.8, 4) is 0 Å². The Morgan fingerprint density at radius 3 is 2.83 bits per heavy atom. The molecule has 3 aromatic rings. The molecule has 5 heteroatoms. The number of H-pyrrole nitrogens is 1. The van der Waals surface area contributed by atoms with Crippen molar-refractivity contribution in [2.45, 2.75) is 19.4 Å². The molecule has 24 heavy (non-hydrogen) atoms. The number of aromatic amines is 1. The molecule has 1 saturated heterocycles. The molecule has 122 valence electrons. The zero-order chi connectivity index (χ0) is 16.4. The van der Waals surface area contributed by atoms with E-state index in [0.29, 0.717) is 12.2 Å². The van der Waals surface area contributed by atoms with Crippen LogP contribution in [0.3, 0.4) is 0 Å². The van der Waals surface area contributed by atoms with E-state index in [1.54, 1.807) is 0 Å². The molecule has 1 aliphatic rings. The molecule has 3 heterocycles. The van der Waals surface area contributed by atoms with E-state index in [1.165, 1.54) is 12.8 Å². The number of hydrogen-bond donors (Lipinski definition) is 2. The molecule has 0 saturated carbocycles. The first kappa shape index (κ1) is 14.8. The van der Waals surface area contributed by atoms with Gasteiger partial charge in [0.05, 0.1) is 0 Å². The summed E-state index contributed by atoms with van der Waals surface area (Å²) in [4.78, 5) is 22.3. The summed E-state index contributed by atoms with van der Waals surface area (Å²) in [6.07, 6.45) is 4.27. The van der Waals surface area contributed by atoms with E-state index in [9.17, 15) is 4.79 Å². The monoisotopic (exact) mass is 320 g/mol. The minimum atomic E-state index is -0.0919. The second-order valence-corrected chi connectivity index (χ2v) is 6.17. The fourth-order valence-corrected chi connectivity index (χ4v) is 3.16. The molecule has 0 spiro atoms. The first-order valence-corrected chi connectivity index (χ1v) is 8.35. The lowest BCUT2D eigenvalue weighted by molar-refractivity contribution is 0.0946. The van der Waals surface area contributed by atoms with Crippen LogP contribution in [0.5, 0.6) is 0 Å². The van der Waals surface area contributed by atoms with Crippen molar-refractivity contribution in [2.75, 3.05) is 18.0 Å². The van der Waals surface area contributed by atoms with Crippen LogP contribution in [0.4, 0.5) is 5.82 Å². The first-order valence-electron chi connectivity index (χ1n) is 8.35. The normalized spacial score (nSPS) is 14.2. The number of hydrogen-bond acceptors (Lipinski definition) is 3. The average molecular weight is 320 g/mol. The average Bonchev–Trinajstić information content (AvgIpc) is 3.29. The molecule has 1 fully saturated rings. The molecule has 1 aliphatic heterocycles. The maximum atomic E-state index is 12.4. The van der Waals surface area contributed by atoms with Crippen LogP contribution in [0, 0.1) is 0 Å². The molecule has 0 unspecified atom stereocenters. The molecule has 0 aliphatic carbocycles. The van der Waals surface area contributed by atoms with E-state index >= 15 is 0 Å². The topological polar surface area (TPSA) is 61.0 Å². The molecule has 2 N–H and O–H groups in total. The van der Waals surface area contributed by atoms with E-state index in [4.69, 9.17) is 0 Å². The molecule has 0 bridgehead atoms. The van der Waals surface area contributed by atoms with Crippen molar-refractivity contribution in [1.82, 2.24) is 15.3 Å². The van der Waals surface area contributed by atoms with E-state index in [2.05, 4.69) is 26.3 Å². The van der Waals surface area contributed by atoms with Crippen LogP contribution in [0.2, 0.25) is 0 Å². The predicted octanol–water partition coefficient (Wildman–Crippen LogP) is 3.09. The van der Waals surface area contributed by atoms with Gasteiger partial charge in [-0.05, 0) is 42.7 Å². The van der Waals surface area contributed by atoms with Crippen molar-refractivity contribution < 1.29 is 4.79 Å². The lowest BCUT2D eigenvalue weighted by Gasteiger charge is -2.16. The largest absolute Gasteiger partial charge is 0.357 e.